The van der Waals surface area contributed by atoms with Gasteiger partial charge in [-0.3, -0.25) is 4.79 Å². The molecule has 0 spiro atoms. The van der Waals surface area contributed by atoms with Crippen LogP contribution in [0.25, 0.3) is 0 Å². The molecule has 0 radical (unpaired) electrons. The Morgan fingerprint density at radius 2 is 2.29 bits per heavy atom. The summed E-state index contributed by atoms with van der Waals surface area (Å²) in [6.45, 7) is 0.413. The van der Waals surface area contributed by atoms with Gasteiger partial charge in [0.05, 0.1) is 12.6 Å². The minimum atomic E-state index is -0.159. The third-order valence-electron chi connectivity index (χ3n) is 2.95. The lowest BCUT2D eigenvalue weighted by Crippen LogP contribution is -2.28. The average Bonchev–Trinajstić information content (AvgIpc) is 2.97. The Kier molecular flexibility index (Phi) is 4.03. The Morgan fingerprint density at radius 3 is 3.00 bits per heavy atom. The van der Waals surface area contributed by atoms with Crippen molar-refractivity contribution in [3.63, 3.8) is 0 Å². The van der Waals surface area contributed by atoms with Crippen molar-refractivity contribution in [3.8, 4) is 0 Å². The molecule has 0 aromatic carbocycles. The second-order valence-electron chi connectivity index (χ2n) is 4.19. The molecule has 1 amide bonds. The van der Waals surface area contributed by atoms with Crippen molar-refractivity contribution in [2.75, 3.05) is 13.7 Å². The highest BCUT2D eigenvalue weighted by Crippen LogP contribution is 2.28. The molecule has 1 aromatic heterocycles. The van der Waals surface area contributed by atoms with E-state index >= 15 is 0 Å². The van der Waals surface area contributed by atoms with E-state index in [4.69, 9.17) is 4.74 Å². The van der Waals surface area contributed by atoms with Gasteiger partial charge in [0.25, 0.3) is 0 Å². The number of hydrogen-bond acceptors (Lipinski definition) is 5. The molecule has 1 N–H and O–H groups in total. The van der Waals surface area contributed by atoms with Crippen LogP contribution in [0, 0.1) is 0 Å². The van der Waals surface area contributed by atoms with Gasteiger partial charge in [-0.1, -0.05) is 12.8 Å². The van der Waals surface area contributed by atoms with Crippen LogP contribution in [0.2, 0.25) is 0 Å². The number of nitrogens with zero attached hydrogens (tertiary/aromatic N) is 4. The molecule has 1 heterocycles. The SMILES string of the molecule is COCC(=O)NCc1nnnn1C1CCCC1. The summed E-state index contributed by atoms with van der Waals surface area (Å²) in [4.78, 5) is 11.3. The van der Waals surface area contributed by atoms with Crippen molar-refractivity contribution in [2.24, 2.45) is 0 Å². The van der Waals surface area contributed by atoms with E-state index in [1.54, 1.807) is 0 Å². The van der Waals surface area contributed by atoms with Gasteiger partial charge in [0.15, 0.2) is 5.82 Å². The normalized spacial score (nSPS) is 16.3. The Bertz CT molecular complexity index is 373. The molecule has 0 bridgehead atoms. The van der Waals surface area contributed by atoms with Gasteiger partial charge in [-0.15, -0.1) is 5.10 Å². The van der Waals surface area contributed by atoms with Crippen LogP contribution in [-0.2, 0) is 16.1 Å². The van der Waals surface area contributed by atoms with Gasteiger partial charge < -0.3 is 10.1 Å². The zero-order chi connectivity index (χ0) is 12.1. The first kappa shape index (κ1) is 12.0. The molecule has 0 atom stereocenters. The van der Waals surface area contributed by atoms with Crippen molar-refractivity contribution in [1.29, 1.82) is 0 Å². The van der Waals surface area contributed by atoms with Gasteiger partial charge in [0, 0.05) is 7.11 Å². The van der Waals surface area contributed by atoms with Crippen molar-refractivity contribution in [1.82, 2.24) is 25.5 Å². The molecule has 1 saturated carbocycles. The zero-order valence-corrected chi connectivity index (χ0v) is 9.93. The molecule has 1 fully saturated rings. The Morgan fingerprint density at radius 1 is 1.53 bits per heavy atom. The summed E-state index contributed by atoms with van der Waals surface area (Å²) in [5.74, 6) is 0.551. The topological polar surface area (TPSA) is 81.9 Å². The fourth-order valence-electron chi connectivity index (χ4n) is 2.12. The summed E-state index contributed by atoms with van der Waals surface area (Å²) in [7, 11) is 1.49. The van der Waals surface area contributed by atoms with Crippen LogP contribution >= 0.6 is 0 Å². The number of aromatic nitrogens is 4. The Hall–Kier alpha value is -1.50. The molecule has 1 aromatic rings. The number of rotatable bonds is 5. The summed E-state index contributed by atoms with van der Waals surface area (Å²) >= 11 is 0. The van der Waals surface area contributed by atoms with Gasteiger partial charge in [-0.25, -0.2) is 4.68 Å². The summed E-state index contributed by atoms with van der Waals surface area (Å²) in [6, 6.07) is 0.388. The average molecular weight is 239 g/mol. The molecule has 0 aliphatic heterocycles. The van der Waals surface area contributed by atoms with Crippen LogP contribution in [0.5, 0.6) is 0 Å². The maximum absolute atomic E-state index is 11.3. The summed E-state index contributed by atoms with van der Waals surface area (Å²) in [5.41, 5.74) is 0. The van der Waals surface area contributed by atoms with Crippen molar-refractivity contribution in [3.05, 3.63) is 5.82 Å². The van der Waals surface area contributed by atoms with E-state index in [1.807, 2.05) is 4.68 Å². The zero-order valence-electron chi connectivity index (χ0n) is 9.93. The second-order valence-corrected chi connectivity index (χ2v) is 4.19. The number of carbonyl (C=O) groups excluding carboxylic acids is 1. The van der Waals surface area contributed by atoms with Crippen LogP contribution in [0.3, 0.4) is 0 Å². The lowest BCUT2D eigenvalue weighted by atomic mass is 10.2. The third-order valence-corrected chi connectivity index (χ3v) is 2.95. The van der Waals surface area contributed by atoms with E-state index in [2.05, 4.69) is 20.8 Å². The number of methoxy groups -OCH3 is 1. The molecule has 7 heteroatoms. The van der Waals surface area contributed by atoms with E-state index in [9.17, 15) is 4.79 Å². The summed E-state index contributed by atoms with van der Waals surface area (Å²) in [6.07, 6.45) is 4.67. The predicted molar refractivity (Wildman–Crippen MR) is 59.0 cm³/mol. The number of amides is 1. The highest BCUT2D eigenvalue weighted by molar-refractivity contribution is 5.76. The lowest BCUT2D eigenvalue weighted by Gasteiger charge is -2.11. The molecule has 1 aliphatic rings. The second kappa shape index (κ2) is 5.72. The van der Waals surface area contributed by atoms with Crippen molar-refractivity contribution in [2.45, 2.75) is 38.3 Å². The van der Waals surface area contributed by atoms with Gasteiger partial charge in [-0.05, 0) is 23.3 Å². The molecule has 94 valence electrons. The van der Waals surface area contributed by atoms with E-state index in [1.165, 1.54) is 20.0 Å². The van der Waals surface area contributed by atoms with E-state index in [0.717, 1.165) is 12.8 Å². The van der Waals surface area contributed by atoms with E-state index < -0.39 is 0 Å². The van der Waals surface area contributed by atoms with Crippen LogP contribution in [-0.4, -0.2) is 39.8 Å². The van der Waals surface area contributed by atoms with Crippen LogP contribution in [0.1, 0.15) is 37.5 Å². The number of nitrogens with one attached hydrogen (secondary N) is 1. The van der Waals surface area contributed by atoms with Crippen molar-refractivity contribution >= 4 is 5.91 Å². The number of carbonyl (C=O) groups is 1. The maximum atomic E-state index is 11.3. The molecular formula is C10H17N5O2. The van der Waals surface area contributed by atoms with Gasteiger partial charge >= 0.3 is 0 Å². The van der Waals surface area contributed by atoms with Crippen molar-refractivity contribution < 1.29 is 9.53 Å². The lowest BCUT2D eigenvalue weighted by molar-refractivity contribution is -0.124. The number of hydrogen-bond donors (Lipinski definition) is 1. The minimum Gasteiger partial charge on any atom is -0.375 e. The first-order valence-corrected chi connectivity index (χ1v) is 5.83. The van der Waals surface area contributed by atoms with Crippen LogP contribution in [0.15, 0.2) is 0 Å². The number of tetrazole rings is 1. The first-order valence-electron chi connectivity index (χ1n) is 5.83. The van der Waals surface area contributed by atoms with E-state index in [0.29, 0.717) is 18.4 Å². The minimum absolute atomic E-state index is 0.0605. The third kappa shape index (κ3) is 3.00. The monoisotopic (exact) mass is 239 g/mol. The quantitative estimate of drug-likeness (QED) is 0.785. The van der Waals surface area contributed by atoms with E-state index in [-0.39, 0.29) is 12.5 Å². The van der Waals surface area contributed by atoms with Gasteiger partial charge in [0.2, 0.25) is 5.91 Å². The highest BCUT2D eigenvalue weighted by atomic mass is 16.5. The fourth-order valence-corrected chi connectivity index (χ4v) is 2.12. The highest BCUT2D eigenvalue weighted by Gasteiger charge is 2.21. The molecular weight excluding hydrogens is 222 g/mol. The molecule has 0 unspecified atom stereocenters. The predicted octanol–water partition coefficient (Wildman–Crippen LogP) is 0.0508. The molecule has 1 aliphatic carbocycles. The Balaban J connectivity index is 1.92. The van der Waals surface area contributed by atoms with Gasteiger partial charge in [0.1, 0.15) is 6.61 Å². The van der Waals surface area contributed by atoms with Gasteiger partial charge in [-0.2, -0.15) is 0 Å². The summed E-state index contributed by atoms with van der Waals surface area (Å²) < 4.78 is 6.57. The fraction of sp³-hybridized carbons (Fsp3) is 0.800. The Labute approximate surface area is 99.5 Å². The van der Waals surface area contributed by atoms with Crippen LogP contribution in [0.4, 0.5) is 0 Å². The summed E-state index contributed by atoms with van der Waals surface area (Å²) in [5, 5.41) is 14.3. The molecule has 0 saturated heterocycles. The molecule has 17 heavy (non-hydrogen) atoms. The molecule has 2 rings (SSSR count). The first-order chi connectivity index (χ1) is 8.31. The number of ether oxygens (including phenoxy) is 1. The standard InChI is InChI=1S/C10H17N5O2/c1-17-7-10(16)11-6-9-12-13-14-15(9)8-4-2-3-5-8/h8H,2-7H2,1H3,(H,11,16). The largest absolute Gasteiger partial charge is 0.375 e. The van der Waals surface area contributed by atoms with Crippen LogP contribution < -0.4 is 5.32 Å². The smallest absolute Gasteiger partial charge is 0.246 e. The maximum Gasteiger partial charge on any atom is 0.246 e. The molecule has 7 nitrogen and oxygen atoms in total.